The third kappa shape index (κ3) is 2.35. The second kappa shape index (κ2) is 5.01. The fraction of sp³-hybridized carbons (Fsp3) is 0.0667. The van der Waals surface area contributed by atoms with Gasteiger partial charge in [-0.1, -0.05) is 48.0 Å². The van der Waals surface area contributed by atoms with E-state index in [2.05, 4.69) is 53.8 Å². The standard InChI is InChI=1S/C15H12ClNS/c16-15-9-8-12(18-15)10-17-14-7-3-5-11-4-1-2-6-13(11)14/h1-9,17H,10H2. The Morgan fingerprint density at radius 2 is 1.78 bits per heavy atom. The molecule has 0 aliphatic rings. The van der Waals surface area contributed by atoms with Crippen molar-refractivity contribution >= 4 is 39.4 Å². The van der Waals surface area contributed by atoms with Crippen LogP contribution in [0.5, 0.6) is 0 Å². The molecular formula is C15H12ClNS. The highest BCUT2D eigenvalue weighted by atomic mass is 35.5. The molecule has 0 atom stereocenters. The van der Waals surface area contributed by atoms with E-state index in [1.165, 1.54) is 15.6 Å². The Morgan fingerprint density at radius 3 is 2.61 bits per heavy atom. The van der Waals surface area contributed by atoms with Crippen LogP contribution in [0.25, 0.3) is 10.8 Å². The molecule has 0 amide bonds. The molecule has 0 fully saturated rings. The normalized spacial score (nSPS) is 10.7. The predicted molar refractivity (Wildman–Crippen MR) is 80.6 cm³/mol. The van der Waals surface area contributed by atoms with Crippen molar-refractivity contribution in [2.75, 3.05) is 5.32 Å². The van der Waals surface area contributed by atoms with E-state index in [1.54, 1.807) is 11.3 Å². The van der Waals surface area contributed by atoms with E-state index in [0.717, 1.165) is 16.6 Å². The highest BCUT2D eigenvalue weighted by molar-refractivity contribution is 7.16. The molecule has 1 aromatic heterocycles. The summed E-state index contributed by atoms with van der Waals surface area (Å²) in [6.45, 7) is 0.811. The highest BCUT2D eigenvalue weighted by Crippen LogP contribution is 2.26. The predicted octanol–water partition coefficient (Wildman–Crippen LogP) is 5.17. The van der Waals surface area contributed by atoms with Gasteiger partial charge < -0.3 is 5.32 Å². The first-order chi connectivity index (χ1) is 8.83. The smallest absolute Gasteiger partial charge is 0.0931 e. The van der Waals surface area contributed by atoms with Gasteiger partial charge in [0.1, 0.15) is 0 Å². The van der Waals surface area contributed by atoms with Crippen LogP contribution in [0.3, 0.4) is 0 Å². The molecule has 90 valence electrons. The first-order valence-electron chi connectivity index (χ1n) is 5.79. The SMILES string of the molecule is Clc1ccc(CNc2cccc3ccccc23)s1. The van der Waals surface area contributed by atoms with Crippen LogP contribution in [0, 0.1) is 0 Å². The van der Waals surface area contributed by atoms with Crippen LogP contribution in [0.15, 0.2) is 54.6 Å². The summed E-state index contributed by atoms with van der Waals surface area (Å²) in [6, 6.07) is 18.7. The molecular weight excluding hydrogens is 262 g/mol. The Morgan fingerprint density at radius 1 is 0.944 bits per heavy atom. The molecule has 0 saturated heterocycles. The van der Waals surface area contributed by atoms with Gasteiger partial charge in [0.2, 0.25) is 0 Å². The van der Waals surface area contributed by atoms with Gasteiger partial charge >= 0.3 is 0 Å². The van der Waals surface area contributed by atoms with Crippen molar-refractivity contribution in [2.24, 2.45) is 0 Å². The lowest BCUT2D eigenvalue weighted by molar-refractivity contribution is 1.20. The van der Waals surface area contributed by atoms with Crippen molar-refractivity contribution in [1.29, 1.82) is 0 Å². The van der Waals surface area contributed by atoms with E-state index < -0.39 is 0 Å². The largest absolute Gasteiger partial charge is 0.380 e. The Kier molecular flexibility index (Phi) is 3.22. The average Bonchev–Trinajstić information content (AvgIpc) is 2.82. The molecule has 2 aromatic carbocycles. The number of nitrogens with one attached hydrogen (secondary N) is 1. The maximum Gasteiger partial charge on any atom is 0.0931 e. The molecule has 3 heteroatoms. The number of rotatable bonds is 3. The molecule has 1 N–H and O–H groups in total. The van der Waals surface area contributed by atoms with Crippen molar-refractivity contribution in [3.63, 3.8) is 0 Å². The van der Waals surface area contributed by atoms with Crippen molar-refractivity contribution in [3.05, 3.63) is 63.8 Å². The van der Waals surface area contributed by atoms with Crippen molar-refractivity contribution in [1.82, 2.24) is 0 Å². The zero-order valence-electron chi connectivity index (χ0n) is 9.69. The Hall–Kier alpha value is -1.51. The zero-order valence-corrected chi connectivity index (χ0v) is 11.3. The molecule has 0 bridgehead atoms. The van der Waals surface area contributed by atoms with Gasteiger partial charge in [-0.2, -0.15) is 0 Å². The van der Waals surface area contributed by atoms with Crippen LogP contribution in [0.1, 0.15) is 4.88 Å². The molecule has 0 aliphatic heterocycles. The lowest BCUT2D eigenvalue weighted by atomic mass is 10.1. The van der Waals surface area contributed by atoms with E-state index >= 15 is 0 Å². The van der Waals surface area contributed by atoms with Crippen LogP contribution in [-0.2, 0) is 6.54 Å². The Balaban J connectivity index is 1.86. The zero-order chi connectivity index (χ0) is 12.4. The number of halogens is 1. The number of anilines is 1. The molecule has 0 unspecified atom stereocenters. The van der Waals surface area contributed by atoms with Gasteiger partial charge in [0.05, 0.1) is 4.34 Å². The second-order valence-corrected chi connectivity index (χ2v) is 5.89. The summed E-state index contributed by atoms with van der Waals surface area (Å²) in [5.41, 5.74) is 1.16. The third-order valence-corrected chi connectivity index (χ3v) is 4.10. The summed E-state index contributed by atoms with van der Waals surface area (Å²) in [4.78, 5) is 1.24. The van der Waals surface area contributed by atoms with Gasteiger partial charge in [-0.15, -0.1) is 11.3 Å². The van der Waals surface area contributed by atoms with E-state index in [1.807, 2.05) is 6.07 Å². The fourth-order valence-electron chi connectivity index (χ4n) is 2.01. The maximum absolute atomic E-state index is 5.93. The van der Waals surface area contributed by atoms with Crippen LogP contribution in [0.2, 0.25) is 4.34 Å². The maximum atomic E-state index is 5.93. The minimum Gasteiger partial charge on any atom is -0.380 e. The molecule has 1 nitrogen and oxygen atoms in total. The third-order valence-electron chi connectivity index (χ3n) is 2.87. The Labute approximate surface area is 115 Å². The van der Waals surface area contributed by atoms with Crippen LogP contribution >= 0.6 is 22.9 Å². The molecule has 3 rings (SSSR count). The quantitative estimate of drug-likeness (QED) is 0.694. The highest BCUT2D eigenvalue weighted by Gasteiger charge is 2.01. The first kappa shape index (κ1) is 11.6. The van der Waals surface area contributed by atoms with Gasteiger partial charge in [-0.05, 0) is 23.6 Å². The summed E-state index contributed by atoms with van der Waals surface area (Å²) in [5, 5.41) is 5.98. The number of benzene rings is 2. The summed E-state index contributed by atoms with van der Waals surface area (Å²) in [5.74, 6) is 0. The summed E-state index contributed by atoms with van der Waals surface area (Å²) >= 11 is 7.54. The minimum absolute atomic E-state index is 0.811. The van der Waals surface area contributed by atoms with Crippen LogP contribution in [-0.4, -0.2) is 0 Å². The number of hydrogen-bond acceptors (Lipinski definition) is 2. The summed E-state index contributed by atoms with van der Waals surface area (Å²) in [7, 11) is 0. The number of hydrogen-bond donors (Lipinski definition) is 1. The first-order valence-corrected chi connectivity index (χ1v) is 6.98. The van der Waals surface area contributed by atoms with E-state index in [4.69, 9.17) is 11.6 Å². The molecule has 18 heavy (non-hydrogen) atoms. The van der Waals surface area contributed by atoms with Crippen molar-refractivity contribution in [3.8, 4) is 0 Å². The summed E-state index contributed by atoms with van der Waals surface area (Å²) < 4.78 is 0.838. The second-order valence-electron chi connectivity index (χ2n) is 4.09. The average molecular weight is 274 g/mol. The monoisotopic (exact) mass is 273 g/mol. The van der Waals surface area contributed by atoms with Crippen LogP contribution < -0.4 is 5.32 Å². The fourth-order valence-corrected chi connectivity index (χ4v) is 3.04. The lowest BCUT2D eigenvalue weighted by Gasteiger charge is -2.08. The lowest BCUT2D eigenvalue weighted by Crippen LogP contribution is -1.97. The molecule has 0 spiro atoms. The topological polar surface area (TPSA) is 12.0 Å². The van der Waals surface area contributed by atoms with Gasteiger partial charge in [0.15, 0.2) is 0 Å². The van der Waals surface area contributed by atoms with Gasteiger partial charge in [-0.3, -0.25) is 0 Å². The van der Waals surface area contributed by atoms with Gasteiger partial charge in [-0.25, -0.2) is 0 Å². The van der Waals surface area contributed by atoms with Gasteiger partial charge in [0.25, 0.3) is 0 Å². The molecule has 0 radical (unpaired) electrons. The molecule has 3 aromatic rings. The van der Waals surface area contributed by atoms with E-state index in [0.29, 0.717) is 0 Å². The molecule has 0 saturated carbocycles. The van der Waals surface area contributed by atoms with Crippen molar-refractivity contribution < 1.29 is 0 Å². The Bertz CT molecular complexity index is 670. The van der Waals surface area contributed by atoms with Crippen LogP contribution in [0.4, 0.5) is 5.69 Å². The minimum atomic E-state index is 0.811. The van der Waals surface area contributed by atoms with Gasteiger partial charge in [0, 0.05) is 22.5 Å². The van der Waals surface area contributed by atoms with Crippen molar-refractivity contribution in [2.45, 2.75) is 6.54 Å². The molecule has 1 heterocycles. The number of thiophene rings is 1. The molecule has 0 aliphatic carbocycles. The van der Waals surface area contributed by atoms with E-state index in [-0.39, 0.29) is 0 Å². The van der Waals surface area contributed by atoms with E-state index in [9.17, 15) is 0 Å². The summed E-state index contributed by atoms with van der Waals surface area (Å²) in [6.07, 6.45) is 0. The number of fused-ring (bicyclic) bond motifs is 1.